The summed E-state index contributed by atoms with van der Waals surface area (Å²) in [6, 6.07) is 0.904. The third-order valence-corrected chi connectivity index (χ3v) is 6.96. The monoisotopic (exact) mass is 363 g/mol. The van der Waals surface area contributed by atoms with Crippen molar-refractivity contribution in [2.45, 2.75) is 96.2 Å². The van der Waals surface area contributed by atoms with Crippen molar-refractivity contribution in [3.63, 3.8) is 0 Å². The van der Waals surface area contributed by atoms with Crippen molar-refractivity contribution in [2.24, 2.45) is 11.8 Å². The van der Waals surface area contributed by atoms with Crippen LogP contribution < -0.4 is 10.6 Å². The van der Waals surface area contributed by atoms with Crippen LogP contribution in [0.4, 0.5) is 0 Å². The number of piperazine rings is 1. The highest BCUT2D eigenvalue weighted by Gasteiger charge is 2.34. The molecule has 5 nitrogen and oxygen atoms in total. The van der Waals surface area contributed by atoms with E-state index in [1.165, 1.54) is 32.1 Å². The maximum absolute atomic E-state index is 12.9. The number of rotatable bonds is 4. The lowest BCUT2D eigenvalue weighted by molar-refractivity contribution is -0.140. The molecule has 3 fully saturated rings. The Morgan fingerprint density at radius 3 is 2.38 bits per heavy atom. The van der Waals surface area contributed by atoms with Crippen molar-refractivity contribution < 1.29 is 9.59 Å². The summed E-state index contributed by atoms with van der Waals surface area (Å²) < 4.78 is 0. The molecule has 0 aromatic carbocycles. The van der Waals surface area contributed by atoms with Crippen LogP contribution in [0.25, 0.3) is 0 Å². The minimum absolute atomic E-state index is 0.147. The minimum atomic E-state index is 0.147. The number of amides is 2. The quantitative estimate of drug-likeness (QED) is 0.807. The molecule has 3 aliphatic rings. The van der Waals surface area contributed by atoms with Crippen LogP contribution in [0.2, 0.25) is 0 Å². The van der Waals surface area contributed by atoms with E-state index in [4.69, 9.17) is 0 Å². The van der Waals surface area contributed by atoms with Gasteiger partial charge in [-0.25, -0.2) is 0 Å². The summed E-state index contributed by atoms with van der Waals surface area (Å²) in [7, 11) is 0. The lowest BCUT2D eigenvalue weighted by atomic mass is 9.84. The molecule has 0 radical (unpaired) electrons. The summed E-state index contributed by atoms with van der Waals surface area (Å²) in [5, 5.41) is 6.69. The summed E-state index contributed by atoms with van der Waals surface area (Å²) in [5.41, 5.74) is 0. The zero-order valence-electron chi connectivity index (χ0n) is 16.6. The van der Waals surface area contributed by atoms with Gasteiger partial charge in [-0.2, -0.15) is 0 Å². The normalized spacial score (nSPS) is 33.7. The Morgan fingerprint density at radius 1 is 1.00 bits per heavy atom. The summed E-state index contributed by atoms with van der Waals surface area (Å²) in [5.74, 6) is 1.31. The minimum Gasteiger partial charge on any atom is -0.353 e. The second kappa shape index (κ2) is 9.20. The van der Waals surface area contributed by atoms with Crippen molar-refractivity contribution >= 4 is 11.8 Å². The number of nitrogens with one attached hydrogen (secondary N) is 2. The molecule has 1 aliphatic heterocycles. The number of nitrogens with zero attached hydrogens (tertiary/aromatic N) is 1. The van der Waals surface area contributed by atoms with Gasteiger partial charge >= 0.3 is 0 Å². The average molecular weight is 364 g/mol. The van der Waals surface area contributed by atoms with Crippen molar-refractivity contribution in [3.8, 4) is 0 Å². The lowest BCUT2D eigenvalue weighted by Crippen LogP contribution is -2.58. The highest BCUT2D eigenvalue weighted by molar-refractivity contribution is 5.80. The molecule has 0 aromatic heterocycles. The lowest BCUT2D eigenvalue weighted by Gasteiger charge is -2.41. The first-order valence-electron chi connectivity index (χ1n) is 10.9. The van der Waals surface area contributed by atoms with Gasteiger partial charge in [0.1, 0.15) is 0 Å². The molecule has 2 amide bonds. The molecule has 1 saturated heterocycles. The Hall–Kier alpha value is -1.10. The molecule has 2 N–H and O–H groups in total. The molecular formula is C21H37N3O2. The number of carbonyl (C=O) groups excluding carboxylic acids is 2. The molecule has 0 bridgehead atoms. The van der Waals surface area contributed by atoms with Gasteiger partial charge in [-0.15, -0.1) is 0 Å². The molecule has 1 heterocycles. The smallest absolute Gasteiger partial charge is 0.226 e. The van der Waals surface area contributed by atoms with Crippen LogP contribution in [0.5, 0.6) is 0 Å². The van der Waals surface area contributed by atoms with E-state index in [0.717, 1.165) is 38.8 Å². The van der Waals surface area contributed by atoms with Crippen LogP contribution in [0, 0.1) is 11.8 Å². The Labute approximate surface area is 158 Å². The molecular weight excluding hydrogens is 326 g/mol. The number of hydrogen-bond acceptors (Lipinski definition) is 3. The molecule has 2 aliphatic carbocycles. The van der Waals surface area contributed by atoms with E-state index in [1.807, 2.05) is 0 Å². The fourth-order valence-corrected chi connectivity index (χ4v) is 5.03. The van der Waals surface area contributed by atoms with E-state index >= 15 is 0 Å². The summed E-state index contributed by atoms with van der Waals surface area (Å²) >= 11 is 0. The fourth-order valence-electron chi connectivity index (χ4n) is 5.03. The van der Waals surface area contributed by atoms with Crippen LogP contribution in [-0.2, 0) is 9.59 Å². The second-order valence-electron chi connectivity index (χ2n) is 8.84. The van der Waals surface area contributed by atoms with Gasteiger partial charge in [0.15, 0.2) is 0 Å². The molecule has 2 unspecified atom stereocenters. The first-order chi connectivity index (χ1) is 12.5. The topological polar surface area (TPSA) is 61.4 Å². The summed E-state index contributed by atoms with van der Waals surface area (Å²) in [6.07, 6.45) is 10.8. The molecule has 0 spiro atoms. The standard InChI is InChI=1S/C21H37N3O2/c1-15-16(2)24(13-12-22-15)21(26)18-8-10-19(11-9-18)23-20(25)14-17-6-4-3-5-7-17/h15-19,22H,3-14H2,1-2H3,(H,23,25). The van der Waals surface area contributed by atoms with Gasteiger partial charge in [0.05, 0.1) is 0 Å². The summed E-state index contributed by atoms with van der Waals surface area (Å²) in [4.78, 5) is 27.3. The molecule has 2 saturated carbocycles. The Balaban J connectivity index is 1.40. The third kappa shape index (κ3) is 4.99. The van der Waals surface area contributed by atoms with Crippen molar-refractivity contribution in [1.82, 2.24) is 15.5 Å². The van der Waals surface area contributed by atoms with Crippen LogP contribution in [0.15, 0.2) is 0 Å². The van der Waals surface area contributed by atoms with Gasteiger partial charge in [0.2, 0.25) is 11.8 Å². The van der Waals surface area contributed by atoms with Gasteiger partial charge in [-0.1, -0.05) is 19.3 Å². The molecule has 3 rings (SSSR count). The molecule has 5 heteroatoms. The van der Waals surface area contributed by atoms with Gasteiger partial charge in [0.25, 0.3) is 0 Å². The largest absolute Gasteiger partial charge is 0.353 e. The van der Waals surface area contributed by atoms with Gasteiger partial charge in [0, 0.05) is 43.6 Å². The van der Waals surface area contributed by atoms with Gasteiger partial charge < -0.3 is 15.5 Å². The Kier molecular flexibility index (Phi) is 6.96. The Bertz CT molecular complexity index is 482. The fraction of sp³-hybridized carbons (Fsp3) is 0.905. The van der Waals surface area contributed by atoms with Crippen LogP contribution in [0.1, 0.15) is 78.1 Å². The first-order valence-corrected chi connectivity index (χ1v) is 10.9. The van der Waals surface area contributed by atoms with E-state index in [-0.39, 0.29) is 23.9 Å². The SMILES string of the molecule is CC1NCCN(C(=O)C2CCC(NC(=O)CC3CCCCC3)CC2)C1C. The van der Waals surface area contributed by atoms with Crippen molar-refractivity contribution in [2.75, 3.05) is 13.1 Å². The molecule has 148 valence electrons. The summed E-state index contributed by atoms with van der Waals surface area (Å²) in [6.45, 7) is 6.01. The molecule has 2 atom stereocenters. The van der Waals surface area contributed by atoms with Crippen molar-refractivity contribution in [3.05, 3.63) is 0 Å². The van der Waals surface area contributed by atoms with Crippen LogP contribution >= 0.6 is 0 Å². The molecule has 26 heavy (non-hydrogen) atoms. The Morgan fingerprint density at radius 2 is 1.69 bits per heavy atom. The highest BCUT2D eigenvalue weighted by atomic mass is 16.2. The predicted molar refractivity (Wildman–Crippen MR) is 104 cm³/mol. The number of hydrogen-bond donors (Lipinski definition) is 2. The molecule has 0 aromatic rings. The van der Waals surface area contributed by atoms with Crippen LogP contribution in [-0.4, -0.2) is 47.9 Å². The average Bonchev–Trinajstić information content (AvgIpc) is 2.65. The van der Waals surface area contributed by atoms with E-state index < -0.39 is 0 Å². The van der Waals surface area contributed by atoms with Gasteiger partial charge in [-0.05, 0) is 58.3 Å². The zero-order valence-corrected chi connectivity index (χ0v) is 16.6. The van der Waals surface area contributed by atoms with Gasteiger partial charge in [-0.3, -0.25) is 9.59 Å². The second-order valence-corrected chi connectivity index (χ2v) is 8.84. The van der Waals surface area contributed by atoms with Crippen molar-refractivity contribution in [1.29, 1.82) is 0 Å². The maximum Gasteiger partial charge on any atom is 0.226 e. The predicted octanol–water partition coefficient (Wildman–Crippen LogP) is 2.84. The zero-order chi connectivity index (χ0) is 18.5. The highest BCUT2D eigenvalue weighted by Crippen LogP contribution is 2.29. The van der Waals surface area contributed by atoms with E-state index in [0.29, 0.717) is 24.3 Å². The maximum atomic E-state index is 12.9. The van der Waals surface area contributed by atoms with Crippen LogP contribution in [0.3, 0.4) is 0 Å². The van der Waals surface area contributed by atoms with E-state index in [2.05, 4.69) is 29.4 Å². The van der Waals surface area contributed by atoms with E-state index in [9.17, 15) is 9.59 Å². The third-order valence-electron chi connectivity index (χ3n) is 6.96. The van der Waals surface area contributed by atoms with E-state index in [1.54, 1.807) is 0 Å². The number of carbonyl (C=O) groups is 2. The first kappa shape index (κ1) is 19.7.